The molecule has 25 heavy (non-hydrogen) atoms. The van der Waals surface area contributed by atoms with Gasteiger partial charge in [0.15, 0.2) is 0 Å². The van der Waals surface area contributed by atoms with Crippen LogP contribution in [-0.4, -0.2) is 25.7 Å². The fourth-order valence-electron chi connectivity index (χ4n) is 2.66. The third-order valence-corrected chi connectivity index (χ3v) is 4.14. The van der Waals surface area contributed by atoms with Gasteiger partial charge in [0.05, 0.1) is 5.56 Å². The van der Waals surface area contributed by atoms with Crippen molar-refractivity contribution < 1.29 is 13.2 Å². The zero-order chi connectivity index (χ0) is 17.3. The number of benzene rings is 1. The van der Waals surface area contributed by atoms with Crippen LogP contribution in [0, 0.1) is 0 Å². The molecular weight excluding hydrogens is 328 g/mol. The van der Waals surface area contributed by atoms with Gasteiger partial charge >= 0.3 is 6.43 Å². The Hall–Kier alpha value is -2.90. The average Bonchev–Trinajstić information content (AvgIpc) is 3.18. The molecule has 0 aliphatic heterocycles. The van der Waals surface area contributed by atoms with Gasteiger partial charge in [-0.3, -0.25) is 0 Å². The molecule has 0 bridgehead atoms. The molecule has 1 aliphatic rings. The van der Waals surface area contributed by atoms with Crippen molar-refractivity contribution in [3.8, 4) is 11.5 Å². The van der Waals surface area contributed by atoms with Crippen LogP contribution in [0.2, 0.25) is 0 Å². The van der Waals surface area contributed by atoms with Crippen LogP contribution in [0.15, 0.2) is 47.1 Å². The van der Waals surface area contributed by atoms with Crippen LogP contribution in [0.1, 0.15) is 30.7 Å². The van der Waals surface area contributed by atoms with Crippen molar-refractivity contribution in [2.75, 3.05) is 5.32 Å². The van der Waals surface area contributed by atoms with Crippen molar-refractivity contribution in [1.82, 2.24) is 20.2 Å². The van der Waals surface area contributed by atoms with Crippen molar-refractivity contribution in [1.29, 1.82) is 0 Å². The molecule has 0 radical (unpaired) electrons. The summed E-state index contributed by atoms with van der Waals surface area (Å²) in [5.74, 6) is -0.241. The number of halogens is 2. The van der Waals surface area contributed by atoms with Gasteiger partial charge in [0.25, 0.3) is 11.8 Å². The number of anilines is 1. The molecule has 128 valence electrons. The van der Waals surface area contributed by atoms with Crippen LogP contribution in [0.25, 0.3) is 11.5 Å². The van der Waals surface area contributed by atoms with Crippen molar-refractivity contribution in [3.05, 3.63) is 54.2 Å². The first kappa shape index (κ1) is 15.6. The summed E-state index contributed by atoms with van der Waals surface area (Å²) in [6, 6.07) is 10.2. The van der Waals surface area contributed by atoms with Gasteiger partial charge in [-0.2, -0.15) is 8.78 Å². The second kappa shape index (κ2) is 6.19. The Morgan fingerprint density at radius 1 is 1.08 bits per heavy atom. The maximum absolute atomic E-state index is 12.5. The molecule has 1 aromatic carbocycles. The largest absolute Gasteiger partial charge is 0.415 e. The lowest BCUT2D eigenvalue weighted by molar-refractivity contribution is 0.116. The van der Waals surface area contributed by atoms with Gasteiger partial charge < -0.3 is 9.73 Å². The van der Waals surface area contributed by atoms with Gasteiger partial charge in [-0.1, -0.05) is 30.3 Å². The van der Waals surface area contributed by atoms with E-state index in [4.69, 9.17) is 4.42 Å². The Morgan fingerprint density at radius 2 is 1.80 bits per heavy atom. The lowest BCUT2D eigenvalue weighted by atomic mass is 10.0. The topological polar surface area (TPSA) is 76.7 Å². The Morgan fingerprint density at radius 3 is 2.40 bits per heavy atom. The first-order valence-corrected chi connectivity index (χ1v) is 7.90. The first-order chi connectivity index (χ1) is 12.1. The highest BCUT2D eigenvalue weighted by molar-refractivity contribution is 5.51. The fraction of sp³-hybridized carbons (Fsp3) is 0.294. The minimum Gasteiger partial charge on any atom is -0.415 e. The Kier molecular flexibility index (Phi) is 3.87. The van der Waals surface area contributed by atoms with Crippen LogP contribution < -0.4 is 5.32 Å². The molecule has 1 fully saturated rings. The maximum Gasteiger partial charge on any atom is 0.314 e. The van der Waals surface area contributed by atoms with E-state index in [1.165, 1.54) is 18.0 Å². The minimum absolute atomic E-state index is 0.0177. The average molecular weight is 343 g/mol. The van der Waals surface area contributed by atoms with Crippen LogP contribution >= 0.6 is 0 Å². The zero-order valence-corrected chi connectivity index (χ0v) is 13.2. The molecule has 4 rings (SSSR count). The molecule has 1 N–H and O–H groups in total. The van der Waals surface area contributed by atoms with E-state index < -0.39 is 12.3 Å². The highest BCUT2D eigenvalue weighted by Gasteiger charge is 2.43. The summed E-state index contributed by atoms with van der Waals surface area (Å²) in [6.45, 7) is 0. The number of hydrogen-bond donors (Lipinski definition) is 1. The molecule has 2 aromatic heterocycles. The van der Waals surface area contributed by atoms with E-state index in [1.54, 1.807) is 0 Å². The van der Waals surface area contributed by atoms with Crippen molar-refractivity contribution >= 4 is 5.95 Å². The van der Waals surface area contributed by atoms with Crippen molar-refractivity contribution in [2.24, 2.45) is 0 Å². The summed E-state index contributed by atoms with van der Waals surface area (Å²) in [6.07, 6.45) is 3.17. The van der Waals surface area contributed by atoms with Gasteiger partial charge in [-0.05, 0) is 24.8 Å². The predicted octanol–water partition coefficient (Wildman–Crippen LogP) is 3.65. The summed E-state index contributed by atoms with van der Waals surface area (Å²) in [7, 11) is 0. The summed E-state index contributed by atoms with van der Waals surface area (Å²) in [5, 5.41) is 10.2. The molecule has 0 amide bonds. The Balaban J connectivity index is 1.45. The Labute approximate surface area is 142 Å². The number of nitrogens with zero attached hydrogens (tertiary/aromatic N) is 4. The van der Waals surface area contributed by atoms with E-state index in [9.17, 15) is 8.78 Å². The maximum atomic E-state index is 12.5. The van der Waals surface area contributed by atoms with Crippen molar-refractivity contribution in [3.63, 3.8) is 0 Å². The summed E-state index contributed by atoms with van der Waals surface area (Å²) >= 11 is 0. The van der Waals surface area contributed by atoms with Crippen LogP contribution in [0.4, 0.5) is 14.7 Å². The molecule has 0 unspecified atom stereocenters. The van der Waals surface area contributed by atoms with E-state index in [1.807, 2.05) is 18.2 Å². The number of nitrogens with one attached hydrogen (secondary N) is 1. The van der Waals surface area contributed by atoms with E-state index in [2.05, 4.69) is 37.6 Å². The fourth-order valence-corrected chi connectivity index (χ4v) is 2.66. The number of rotatable bonds is 6. The van der Waals surface area contributed by atoms with Gasteiger partial charge in [-0.15, -0.1) is 10.2 Å². The summed E-state index contributed by atoms with van der Waals surface area (Å²) in [4.78, 5) is 8.48. The Bertz CT molecular complexity index is 847. The summed E-state index contributed by atoms with van der Waals surface area (Å²) < 4.78 is 29.9. The lowest BCUT2D eigenvalue weighted by Crippen LogP contribution is -2.25. The van der Waals surface area contributed by atoms with Gasteiger partial charge in [0, 0.05) is 17.9 Å². The van der Waals surface area contributed by atoms with Crippen LogP contribution in [0.5, 0.6) is 0 Å². The van der Waals surface area contributed by atoms with Crippen LogP contribution in [0.3, 0.4) is 0 Å². The van der Waals surface area contributed by atoms with Gasteiger partial charge in [0.2, 0.25) is 5.95 Å². The van der Waals surface area contributed by atoms with Gasteiger partial charge in [-0.25, -0.2) is 9.97 Å². The van der Waals surface area contributed by atoms with Gasteiger partial charge in [0.1, 0.15) is 0 Å². The molecule has 2 heterocycles. The van der Waals surface area contributed by atoms with Crippen LogP contribution in [-0.2, 0) is 6.42 Å². The molecule has 1 aliphatic carbocycles. The quantitative estimate of drug-likeness (QED) is 0.736. The number of alkyl halides is 2. The van der Waals surface area contributed by atoms with E-state index in [0.29, 0.717) is 11.5 Å². The van der Waals surface area contributed by atoms with E-state index >= 15 is 0 Å². The number of aromatic nitrogens is 4. The molecule has 6 nitrogen and oxygen atoms in total. The molecular formula is C17H15F2N5O. The molecule has 3 aromatic rings. The highest BCUT2D eigenvalue weighted by Crippen LogP contribution is 2.41. The normalized spacial score (nSPS) is 15.3. The molecule has 0 saturated heterocycles. The predicted molar refractivity (Wildman–Crippen MR) is 86.0 cm³/mol. The second-order valence-corrected chi connectivity index (χ2v) is 6.11. The molecule has 1 saturated carbocycles. The van der Waals surface area contributed by atoms with Crippen molar-refractivity contribution in [2.45, 2.75) is 31.2 Å². The highest BCUT2D eigenvalue weighted by atomic mass is 19.3. The lowest BCUT2D eigenvalue weighted by Gasteiger charge is -2.17. The standard InChI is InChI=1S/C17H15F2N5O/c18-13(19)15-24-23-14(25-15)12-9-20-16(21-10-12)22-17(6-7-17)8-11-4-2-1-3-5-11/h1-5,9-10,13H,6-8H2,(H,20,21,22). The monoisotopic (exact) mass is 343 g/mol. The number of hydrogen-bond acceptors (Lipinski definition) is 6. The SMILES string of the molecule is FC(F)c1nnc(-c2cnc(NC3(Cc4ccccc4)CC3)nc2)o1. The zero-order valence-electron chi connectivity index (χ0n) is 13.2. The molecule has 0 atom stereocenters. The second-order valence-electron chi connectivity index (χ2n) is 6.11. The third kappa shape index (κ3) is 3.47. The van der Waals surface area contributed by atoms with E-state index in [-0.39, 0.29) is 11.4 Å². The molecule has 8 heteroatoms. The molecule has 0 spiro atoms. The third-order valence-electron chi connectivity index (χ3n) is 4.14. The van der Waals surface area contributed by atoms with E-state index in [0.717, 1.165) is 19.3 Å². The first-order valence-electron chi connectivity index (χ1n) is 7.90. The minimum atomic E-state index is -2.80. The summed E-state index contributed by atoms with van der Waals surface area (Å²) in [5.41, 5.74) is 1.64. The smallest absolute Gasteiger partial charge is 0.314 e.